The van der Waals surface area contributed by atoms with Gasteiger partial charge in [0.25, 0.3) is 11.7 Å². The normalized spacial score (nSPS) is 29.1. The fraction of sp³-hybridized carbons (Fsp3) is 0.422. The maximum atomic E-state index is 14.4. The summed E-state index contributed by atoms with van der Waals surface area (Å²) in [6.07, 6.45) is 4.47. The van der Waals surface area contributed by atoms with Crippen LogP contribution >= 0.6 is 0 Å². The van der Waals surface area contributed by atoms with Gasteiger partial charge < -0.3 is 54.6 Å². The summed E-state index contributed by atoms with van der Waals surface area (Å²) in [4.78, 5) is 45.9. The first kappa shape index (κ1) is 45.2. The first-order valence-corrected chi connectivity index (χ1v) is 19.6. The highest BCUT2D eigenvalue weighted by atomic mass is 16.7. The Balaban J connectivity index is 1.69. The molecule has 1 amide bonds. The molecule has 0 fully saturated rings. The number of methoxy groups -OCH3 is 1. The minimum absolute atomic E-state index is 0.0270. The van der Waals surface area contributed by atoms with E-state index in [-0.39, 0.29) is 51.1 Å². The molecule has 6 N–H and O–H groups in total. The van der Waals surface area contributed by atoms with Gasteiger partial charge in [0, 0.05) is 61.2 Å². The molecular weight excluding hydrogens is 776 g/mol. The zero-order valence-corrected chi connectivity index (χ0v) is 35.1. The third kappa shape index (κ3) is 8.98. The molecule has 3 heterocycles. The van der Waals surface area contributed by atoms with E-state index in [4.69, 9.17) is 23.8 Å². The summed E-state index contributed by atoms with van der Waals surface area (Å²) in [6.45, 7) is 12.4. The van der Waals surface area contributed by atoms with Crippen molar-refractivity contribution in [2.75, 3.05) is 12.4 Å². The van der Waals surface area contributed by atoms with Crippen LogP contribution in [0.2, 0.25) is 0 Å². The number of ketones is 1. The van der Waals surface area contributed by atoms with Crippen LogP contribution in [0.3, 0.4) is 0 Å². The number of carbonyl (C=O) groups excluding carboxylic acids is 3. The monoisotopic (exact) mass is 830 g/mol. The number of nitrogens with one attached hydrogen (secondary N) is 1. The standard InChI is InChI=1S/C45H54N2O13/c1-22-14-13-15-23(2)44(55)47-35-30(20-46-58-21-29-16-11-10-12-17-29)39(52)32-33(40(35)53)38(51)27(6)42-34(32)43(54)45(8,60-42)57-19-18-31(56-9)24(3)41(59-28(7)48)26(5)37(50)25(4)36(22)49/h10-20,22,24-26,31,36-37,41,49-53H,21H2,1-9H3,(H,47,55)/b14-13-,19-18?,23-15-,46-20+/t22-,24+,25+,26+,31-,36-,37+,41+,45-/m0/s1. The second-order valence-corrected chi connectivity index (χ2v) is 15.6. The van der Waals surface area contributed by atoms with E-state index in [0.717, 1.165) is 11.8 Å². The number of rotatable bonds is 6. The molecule has 0 unspecified atom stereocenters. The van der Waals surface area contributed by atoms with Gasteiger partial charge in [0.05, 0.1) is 53.0 Å². The van der Waals surface area contributed by atoms with Crippen LogP contribution in [-0.4, -0.2) is 86.7 Å². The lowest BCUT2D eigenvalue weighted by Crippen LogP contribution is -2.46. The molecule has 0 aliphatic carbocycles. The molecule has 0 aromatic heterocycles. The van der Waals surface area contributed by atoms with Crippen LogP contribution in [0.4, 0.5) is 5.69 Å². The molecule has 5 bridgehead atoms. The Morgan fingerprint density at radius 1 is 0.933 bits per heavy atom. The minimum Gasteiger partial charge on any atom is -0.507 e. The van der Waals surface area contributed by atoms with Crippen molar-refractivity contribution < 1.29 is 63.7 Å². The lowest BCUT2D eigenvalue weighted by Gasteiger charge is -2.38. The van der Waals surface area contributed by atoms with E-state index in [1.54, 1.807) is 39.8 Å². The Bertz CT molecular complexity index is 2230. The number of phenols is 3. The van der Waals surface area contributed by atoms with Crippen molar-refractivity contribution in [3.05, 3.63) is 88.7 Å². The molecule has 3 aliphatic heterocycles. The van der Waals surface area contributed by atoms with Gasteiger partial charge >= 0.3 is 11.8 Å². The number of benzene rings is 3. The number of oxime groups is 1. The average Bonchev–Trinajstić information content (AvgIpc) is 3.48. The molecule has 0 saturated carbocycles. The Hall–Kier alpha value is -5.90. The number of esters is 1. The van der Waals surface area contributed by atoms with Crippen LogP contribution in [0.5, 0.6) is 23.0 Å². The highest BCUT2D eigenvalue weighted by Gasteiger charge is 2.50. The smallest absolute Gasteiger partial charge is 0.312 e. The zero-order chi connectivity index (χ0) is 44.2. The van der Waals surface area contributed by atoms with Crippen molar-refractivity contribution in [3.63, 3.8) is 0 Å². The van der Waals surface area contributed by atoms with Gasteiger partial charge in [0.2, 0.25) is 0 Å². The molecule has 0 radical (unpaired) electrons. The molecular formula is C45H54N2O13. The van der Waals surface area contributed by atoms with Gasteiger partial charge in [-0.3, -0.25) is 14.4 Å². The van der Waals surface area contributed by atoms with E-state index in [2.05, 4.69) is 10.5 Å². The van der Waals surface area contributed by atoms with Crippen LogP contribution in [0.25, 0.3) is 10.8 Å². The number of nitrogens with zero attached hydrogens (tertiary/aromatic N) is 1. The summed E-state index contributed by atoms with van der Waals surface area (Å²) in [5.74, 6) is -8.73. The molecule has 3 aromatic rings. The fourth-order valence-electron chi connectivity index (χ4n) is 7.65. The second kappa shape index (κ2) is 18.6. The Morgan fingerprint density at radius 2 is 1.62 bits per heavy atom. The number of amides is 1. The molecule has 15 nitrogen and oxygen atoms in total. The van der Waals surface area contributed by atoms with E-state index in [1.165, 1.54) is 53.2 Å². The summed E-state index contributed by atoms with van der Waals surface area (Å²) in [5, 5.41) is 64.2. The number of allylic oxidation sites excluding steroid dienone is 2. The van der Waals surface area contributed by atoms with Gasteiger partial charge in [-0.2, -0.15) is 0 Å². The molecule has 60 heavy (non-hydrogen) atoms. The Morgan fingerprint density at radius 3 is 2.27 bits per heavy atom. The first-order chi connectivity index (χ1) is 28.3. The number of aliphatic hydroxyl groups excluding tert-OH is 2. The third-order valence-corrected chi connectivity index (χ3v) is 11.4. The minimum atomic E-state index is -2.07. The van der Waals surface area contributed by atoms with E-state index >= 15 is 0 Å². The molecule has 0 saturated heterocycles. The average molecular weight is 831 g/mol. The lowest BCUT2D eigenvalue weighted by molar-refractivity contribution is -0.160. The topological polar surface area (TPSA) is 223 Å². The maximum absolute atomic E-state index is 14.4. The summed E-state index contributed by atoms with van der Waals surface area (Å²) in [7, 11) is 1.43. The number of ether oxygens (including phenoxy) is 4. The highest BCUT2D eigenvalue weighted by molar-refractivity contribution is 6.23. The summed E-state index contributed by atoms with van der Waals surface area (Å²) >= 11 is 0. The van der Waals surface area contributed by atoms with Gasteiger partial charge in [-0.1, -0.05) is 81.4 Å². The van der Waals surface area contributed by atoms with Gasteiger partial charge in [0.1, 0.15) is 30.0 Å². The van der Waals surface area contributed by atoms with Crippen molar-refractivity contribution in [1.82, 2.24) is 0 Å². The lowest BCUT2D eigenvalue weighted by atomic mass is 9.78. The van der Waals surface area contributed by atoms with Crippen molar-refractivity contribution in [2.24, 2.45) is 28.8 Å². The molecule has 3 aliphatic rings. The van der Waals surface area contributed by atoms with Crippen LogP contribution < -0.4 is 10.1 Å². The van der Waals surface area contributed by atoms with Crippen LogP contribution in [-0.2, 0) is 35.2 Å². The van der Waals surface area contributed by atoms with Crippen LogP contribution in [0.15, 0.2) is 71.6 Å². The number of phenolic OH excluding ortho intramolecular Hbond substituents is 3. The zero-order valence-electron chi connectivity index (χ0n) is 35.1. The number of hydrogen-bond donors (Lipinski definition) is 6. The van der Waals surface area contributed by atoms with Gasteiger partial charge in [-0.25, -0.2) is 0 Å². The van der Waals surface area contributed by atoms with Gasteiger partial charge in [0.15, 0.2) is 5.75 Å². The van der Waals surface area contributed by atoms with E-state index < -0.39 is 88.8 Å². The van der Waals surface area contributed by atoms with Crippen molar-refractivity contribution in [1.29, 1.82) is 0 Å². The third-order valence-electron chi connectivity index (χ3n) is 11.4. The van der Waals surface area contributed by atoms with Crippen molar-refractivity contribution >= 4 is 40.3 Å². The molecule has 322 valence electrons. The molecule has 0 spiro atoms. The van der Waals surface area contributed by atoms with E-state index in [1.807, 2.05) is 30.3 Å². The Labute approximate surface area is 348 Å². The van der Waals surface area contributed by atoms with Crippen LogP contribution in [0, 0.1) is 30.6 Å². The SMILES string of the molecule is CO[C@H]1C=CO[C@@]2(C)Oc3c(C)c(O)c4c(O)c(c(/C=N/OCc5ccccc5)c(O)c4c3C2=O)NC(=O)/C(C)=C\C=C/[C@H](C)[C@H](O)[C@@H](C)[C@@H](O)[C@@H](C)[C@H](OC(C)=O)[C@@H]1C. The quantitative estimate of drug-likeness (QED) is 0.0528. The van der Waals surface area contributed by atoms with E-state index in [9.17, 15) is 39.9 Å². The fourth-order valence-corrected chi connectivity index (χ4v) is 7.65. The van der Waals surface area contributed by atoms with Gasteiger partial charge in [-0.15, -0.1) is 0 Å². The highest BCUT2D eigenvalue weighted by Crippen LogP contribution is 2.55. The largest absolute Gasteiger partial charge is 0.507 e. The number of Topliss-reactive ketones (excluding diaryl/α,β-unsaturated/α-hetero) is 1. The first-order valence-electron chi connectivity index (χ1n) is 19.6. The molecule has 3 aromatic carbocycles. The molecule has 9 atom stereocenters. The van der Waals surface area contributed by atoms with Crippen molar-refractivity contribution in [3.8, 4) is 23.0 Å². The predicted molar refractivity (Wildman–Crippen MR) is 223 cm³/mol. The van der Waals surface area contributed by atoms with Crippen molar-refractivity contribution in [2.45, 2.75) is 92.2 Å². The summed E-state index contributed by atoms with van der Waals surface area (Å²) in [6, 6.07) is 9.10. The number of carbonyl (C=O) groups is 3. The second-order valence-electron chi connectivity index (χ2n) is 15.6. The maximum Gasteiger partial charge on any atom is 0.312 e. The number of fused-ring (bicyclic) bond motifs is 14. The summed E-state index contributed by atoms with van der Waals surface area (Å²) in [5.41, 5.74) is 0.113. The van der Waals surface area contributed by atoms with Gasteiger partial charge in [-0.05, 0) is 25.5 Å². The number of aromatic hydroxyl groups is 3. The van der Waals surface area contributed by atoms with E-state index in [0.29, 0.717) is 0 Å². The number of anilines is 1. The van der Waals surface area contributed by atoms with Crippen LogP contribution in [0.1, 0.15) is 75.5 Å². The number of hydrogen-bond acceptors (Lipinski definition) is 14. The summed E-state index contributed by atoms with van der Waals surface area (Å²) < 4.78 is 23.5. The Kier molecular flexibility index (Phi) is 14.0. The number of aliphatic hydroxyl groups is 2. The molecule has 6 rings (SSSR count). The molecule has 15 heteroatoms. The predicted octanol–water partition coefficient (Wildman–Crippen LogP) is 6.30.